The smallest absolute Gasteiger partial charge is 0.333 e. The van der Waals surface area contributed by atoms with Crippen molar-refractivity contribution in [3.8, 4) is 22.3 Å². The minimum Gasteiger partial charge on any atom is -0.462 e. The van der Waals surface area contributed by atoms with Crippen LogP contribution in [0.2, 0.25) is 0 Å². The van der Waals surface area contributed by atoms with E-state index >= 15 is 0 Å². The second-order valence-electron chi connectivity index (χ2n) is 7.72. The summed E-state index contributed by atoms with van der Waals surface area (Å²) in [5.41, 5.74) is 8.72. The lowest BCUT2D eigenvalue weighted by atomic mass is 9.92. The summed E-state index contributed by atoms with van der Waals surface area (Å²) in [4.78, 5) is 11.6. The lowest BCUT2D eigenvalue weighted by Crippen LogP contribution is -2.08. The number of carbonyl (C=O) groups is 1. The molecule has 0 aliphatic carbocycles. The average Bonchev–Trinajstić information content (AvgIpc) is 2.79. The molecule has 3 rings (SSSR count). The SMILES string of the molecule is C=C(C)C(=O)OCCc1ccccc1-c1ccc(-c2ccc(CCO)cc2CC)cc1. The van der Waals surface area contributed by atoms with Crippen molar-refractivity contribution in [2.75, 3.05) is 13.2 Å². The molecule has 0 aliphatic rings. The van der Waals surface area contributed by atoms with E-state index in [1.54, 1.807) is 6.92 Å². The number of aliphatic hydroxyl groups excluding tert-OH is 1. The quantitative estimate of drug-likeness (QED) is 0.357. The summed E-state index contributed by atoms with van der Waals surface area (Å²) in [6, 6.07) is 23.3. The minimum absolute atomic E-state index is 0.170. The zero-order valence-corrected chi connectivity index (χ0v) is 18.4. The first-order chi connectivity index (χ1) is 15.0. The zero-order valence-electron chi connectivity index (χ0n) is 18.4. The van der Waals surface area contributed by atoms with Crippen LogP contribution in [0.1, 0.15) is 30.5 Å². The molecule has 0 aliphatic heterocycles. The maximum absolute atomic E-state index is 11.6. The molecule has 0 saturated carbocycles. The first kappa shape index (κ1) is 22.5. The Hall–Kier alpha value is -3.17. The Labute approximate surface area is 185 Å². The van der Waals surface area contributed by atoms with Gasteiger partial charge in [0.25, 0.3) is 0 Å². The van der Waals surface area contributed by atoms with Crippen LogP contribution in [0.25, 0.3) is 22.3 Å². The van der Waals surface area contributed by atoms with Gasteiger partial charge in [-0.2, -0.15) is 0 Å². The third-order valence-electron chi connectivity index (χ3n) is 5.43. The summed E-state index contributed by atoms with van der Waals surface area (Å²) in [6.07, 6.45) is 2.29. The molecular formula is C28H30O3. The number of aliphatic hydroxyl groups is 1. The molecule has 0 amide bonds. The van der Waals surface area contributed by atoms with Crippen molar-refractivity contribution in [3.05, 3.63) is 95.6 Å². The van der Waals surface area contributed by atoms with Crippen LogP contribution in [0.15, 0.2) is 78.9 Å². The van der Waals surface area contributed by atoms with Crippen molar-refractivity contribution in [2.24, 2.45) is 0 Å². The van der Waals surface area contributed by atoms with Gasteiger partial charge in [0, 0.05) is 18.6 Å². The van der Waals surface area contributed by atoms with E-state index in [9.17, 15) is 9.90 Å². The van der Waals surface area contributed by atoms with Gasteiger partial charge in [0.15, 0.2) is 0 Å². The van der Waals surface area contributed by atoms with Crippen LogP contribution in [-0.4, -0.2) is 24.3 Å². The Balaban J connectivity index is 1.81. The van der Waals surface area contributed by atoms with Crippen LogP contribution >= 0.6 is 0 Å². The van der Waals surface area contributed by atoms with Gasteiger partial charge in [0.2, 0.25) is 0 Å². The van der Waals surface area contributed by atoms with Gasteiger partial charge in [0.05, 0.1) is 6.61 Å². The number of hydrogen-bond donors (Lipinski definition) is 1. The molecule has 3 heteroatoms. The molecule has 0 aromatic heterocycles. The van der Waals surface area contributed by atoms with Crippen LogP contribution in [0.4, 0.5) is 0 Å². The molecule has 0 unspecified atom stereocenters. The van der Waals surface area contributed by atoms with Crippen molar-refractivity contribution < 1.29 is 14.6 Å². The second-order valence-corrected chi connectivity index (χ2v) is 7.72. The summed E-state index contributed by atoms with van der Waals surface area (Å²) < 4.78 is 5.27. The lowest BCUT2D eigenvalue weighted by Gasteiger charge is -2.13. The molecule has 31 heavy (non-hydrogen) atoms. The van der Waals surface area contributed by atoms with Crippen LogP contribution in [0.5, 0.6) is 0 Å². The van der Waals surface area contributed by atoms with Crippen LogP contribution in [0, 0.1) is 0 Å². The van der Waals surface area contributed by atoms with E-state index in [1.807, 2.05) is 12.1 Å². The number of esters is 1. The highest BCUT2D eigenvalue weighted by Crippen LogP contribution is 2.30. The second kappa shape index (κ2) is 10.7. The third-order valence-corrected chi connectivity index (χ3v) is 5.43. The van der Waals surface area contributed by atoms with Gasteiger partial charge in [-0.05, 0) is 58.7 Å². The molecule has 3 aromatic carbocycles. The summed E-state index contributed by atoms with van der Waals surface area (Å²) in [7, 11) is 0. The Morgan fingerprint density at radius 1 is 0.903 bits per heavy atom. The molecule has 3 aromatic rings. The van der Waals surface area contributed by atoms with Crippen LogP contribution in [-0.2, 0) is 28.8 Å². The molecule has 3 nitrogen and oxygen atoms in total. The molecule has 0 saturated heterocycles. The van der Waals surface area contributed by atoms with Crippen LogP contribution in [0.3, 0.4) is 0 Å². The lowest BCUT2D eigenvalue weighted by molar-refractivity contribution is -0.138. The number of hydrogen-bond acceptors (Lipinski definition) is 3. The largest absolute Gasteiger partial charge is 0.462 e. The van der Waals surface area contributed by atoms with Gasteiger partial charge in [-0.3, -0.25) is 0 Å². The summed E-state index contributed by atoms with van der Waals surface area (Å²) >= 11 is 0. The fraction of sp³-hybridized carbons (Fsp3) is 0.250. The van der Waals surface area contributed by atoms with E-state index in [0.29, 0.717) is 25.0 Å². The van der Waals surface area contributed by atoms with Crippen molar-refractivity contribution >= 4 is 5.97 Å². The minimum atomic E-state index is -0.349. The molecule has 0 heterocycles. The predicted molar refractivity (Wildman–Crippen MR) is 127 cm³/mol. The molecule has 0 atom stereocenters. The van der Waals surface area contributed by atoms with E-state index in [-0.39, 0.29) is 12.6 Å². The Kier molecular flexibility index (Phi) is 7.80. The summed E-state index contributed by atoms with van der Waals surface area (Å²) in [6.45, 7) is 7.94. The van der Waals surface area contributed by atoms with Gasteiger partial charge in [-0.15, -0.1) is 0 Å². The third kappa shape index (κ3) is 5.71. The van der Waals surface area contributed by atoms with Crippen molar-refractivity contribution in [1.82, 2.24) is 0 Å². The zero-order chi connectivity index (χ0) is 22.2. The fourth-order valence-corrected chi connectivity index (χ4v) is 3.73. The molecular weight excluding hydrogens is 384 g/mol. The van der Waals surface area contributed by atoms with Gasteiger partial charge in [-0.25, -0.2) is 4.79 Å². The first-order valence-electron chi connectivity index (χ1n) is 10.8. The van der Waals surface area contributed by atoms with Gasteiger partial charge in [0.1, 0.15) is 0 Å². The van der Waals surface area contributed by atoms with E-state index in [4.69, 9.17) is 4.74 Å². The Bertz CT molecular complexity index is 1050. The van der Waals surface area contributed by atoms with E-state index in [1.165, 1.54) is 22.3 Å². The van der Waals surface area contributed by atoms with Gasteiger partial charge < -0.3 is 9.84 Å². The molecule has 0 fully saturated rings. The molecule has 1 N–H and O–H groups in total. The average molecular weight is 415 g/mol. The van der Waals surface area contributed by atoms with E-state index in [0.717, 1.165) is 23.1 Å². The number of rotatable bonds is 9. The maximum Gasteiger partial charge on any atom is 0.333 e. The monoisotopic (exact) mass is 414 g/mol. The first-order valence-corrected chi connectivity index (χ1v) is 10.8. The summed E-state index contributed by atoms with van der Waals surface area (Å²) in [5, 5.41) is 9.21. The highest BCUT2D eigenvalue weighted by molar-refractivity contribution is 5.86. The Morgan fingerprint density at radius 3 is 2.16 bits per heavy atom. The van der Waals surface area contributed by atoms with Crippen molar-refractivity contribution in [1.29, 1.82) is 0 Å². The highest BCUT2D eigenvalue weighted by atomic mass is 16.5. The van der Waals surface area contributed by atoms with Crippen molar-refractivity contribution in [3.63, 3.8) is 0 Å². The number of benzene rings is 3. The predicted octanol–water partition coefficient (Wildman–Crippen LogP) is 5.78. The highest BCUT2D eigenvalue weighted by Gasteiger charge is 2.09. The number of ether oxygens (including phenoxy) is 1. The molecule has 0 bridgehead atoms. The number of carbonyl (C=O) groups excluding carboxylic acids is 1. The standard InChI is InChI=1S/C28H30O3/c1-4-22-19-21(15-17-29)9-14-27(22)25-12-10-24(11-13-25)26-8-6-5-7-23(26)16-18-31-28(30)20(2)3/h5-14,19,29H,2,4,15-18H2,1,3H3. The fourth-order valence-electron chi connectivity index (χ4n) is 3.73. The van der Waals surface area contributed by atoms with Crippen molar-refractivity contribution in [2.45, 2.75) is 33.1 Å². The molecule has 160 valence electrons. The Morgan fingerprint density at radius 2 is 1.55 bits per heavy atom. The van der Waals surface area contributed by atoms with Crippen LogP contribution < -0.4 is 0 Å². The number of aryl methyl sites for hydroxylation is 1. The molecule has 0 spiro atoms. The molecule has 0 radical (unpaired) electrons. The van der Waals surface area contributed by atoms with E-state index < -0.39 is 0 Å². The summed E-state index contributed by atoms with van der Waals surface area (Å²) in [5.74, 6) is -0.349. The topological polar surface area (TPSA) is 46.5 Å². The maximum atomic E-state index is 11.6. The van der Waals surface area contributed by atoms with E-state index in [2.05, 4.69) is 68.1 Å². The van der Waals surface area contributed by atoms with Gasteiger partial charge >= 0.3 is 5.97 Å². The van der Waals surface area contributed by atoms with Gasteiger partial charge in [-0.1, -0.05) is 80.2 Å². The normalized spacial score (nSPS) is 10.7.